The molecule has 1 N–H and O–H groups in total. The molecule has 0 saturated carbocycles. The summed E-state index contributed by atoms with van der Waals surface area (Å²) in [6, 6.07) is 0. The second-order valence-electron chi connectivity index (χ2n) is 5.90. The SMILES string of the molecule is CCCCCC(C)C(O)CCCC(=O)OCC=C(C)C. The number of esters is 1. The summed E-state index contributed by atoms with van der Waals surface area (Å²) >= 11 is 0. The Morgan fingerprint density at radius 1 is 1.20 bits per heavy atom. The second kappa shape index (κ2) is 12.0. The molecule has 0 radical (unpaired) electrons. The molecular weight excluding hydrogens is 252 g/mol. The average molecular weight is 284 g/mol. The van der Waals surface area contributed by atoms with Gasteiger partial charge in [-0.05, 0) is 45.1 Å². The summed E-state index contributed by atoms with van der Waals surface area (Å²) < 4.78 is 5.08. The zero-order valence-electron chi connectivity index (χ0n) is 13.7. The molecule has 0 fully saturated rings. The van der Waals surface area contributed by atoms with Crippen LogP contribution >= 0.6 is 0 Å². The number of unbranched alkanes of at least 4 members (excludes halogenated alkanes) is 2. The highest BCUT2D eigenvalue weighted by Gasteiger charge is 2.14. The lowest BCUT2D eigenvalue weighted by Crippen LogP contribution is -2.18. The van der Waals surface area contributed by atoms with E-state index < -0.39 is 0 Å². The Morgan fingerprint density at radius 2 is 1.90 bits per heavy atom. The highest BCUT2D eigenvalue weighted by atomic mass is 16.5. The summed E-state index contributed by atoms with van der Waals surface area (Å²) in [5.74, 6) is 0.150. The van der Waals surface area contributed by atoms with E-state index >= 15 is 0 Å². The van der Waals surface area contributed by atoms with Crippen LogP contribution in [0.15, 0.2) is 11.6 Å². The van der Waals surface area contributed by atoms with E-state index in [0.29, 0.717) is 31.8 Å². The first-order valence-electron chi connectivity index (χ1n) is 7.94. The molecule has 0 aromatic rings. The minimum Gasteiger partial charge on any atom is -0.461 e. The van der Waals surface area contributed by atoms with Crippen molar-refractivity contribution in [3.63, 3.8) is 0 Å². The van der Waals surface area contributed by atoms with Gasteiger partial charge in [0.05, 0.1) is 6.10 Å². The van der Waals surface area contributed by atoms with E-state index in [1.807, 2.05) is 19.9 Å². The third kappa shape index (κ3) is 11.0. The Bertz CT molecular complexity index is 280. The Hall–Kier alpha value is -0.830. The van der Waals surface area contributed by atoms with Gasteiger partial charge in [-0.1, -0.05) is 38.7 Å². The number of rotatable bonds is 11. The van der Waals surface area contributed by atoms with Crippen LogP contribution < -0.4 is 0 Å². The Kier molecular flexibility index (Phi) is 11.5. The fourth-order valence-corrected chi connectivity index (χ4v) is 2.02. The van der Waals surface area contributed by atoms with Crippen molar-refractivity contribution in [2.45, 2.75) is 78.7 Å². The van der Waals surface area contributed by atoms with Crippen molar-refractivity contribution in [2.75, 3.05) is 6.61 Å². The number of allylic oxidation sites excluding steroid dienone is 1. The van der Waals surface area contributed by atoms with Crippen molar-refractivity contribution >= 4 is 5.97 Å². The molecule has 0 aliphatic rings. The first-order chi connectivity index (χ1) is 9.47. The van der Waals surface area contributed by atoms with E-state index in [9.17, 15) is 9.90 Å². The summed E-state index contributed by atoms with van der Waals surface area (Å²) in [5, 5.41) is 10.0. The minimum atomic E-state index is -0.294. The molecular formula is C17H32O3. The number of aliphatic hydroxyl groups is 1. The molecule has 0 aliphatic carbocycles. The lowest BCUT2D eigenvalue weighted by atomic mass is 9.94. The molecule has 0 heterocycles. The zero-order chi connectivity index (χ0) is 15.4. The Morgan fingerprint density at radius 3 is 2.50 bits per heavy atom. The molecule has 3 heteroatoms. The van der Waals surface area contributed by atoms with Gasteiger partial charge >= 0.3 is 5.97 Å². The smallest absolute Gasteiger partial charge is 0.306 e. The molecule has 0 spiro atoms. The van der Waals surface area contributed by atoms with Crippen molar-refractivity contribution in [3.05, 3.63) is 11.6 Å². The lowest BCUT2D eigenvalue weighted by Gasteiger charge is -2.18. The monoisotopic (exact) mass is 284 g/mol. The molecule has 0 rings (SSSR count). The average Bonchev–Trinajstić information content (AvgIpc) is 2.38. The third-order valence-electron chi connectivity index (χ3n) is 3.54. The minimum absolute atomic E-state index is 0.173. The molecule has 0 aliphatic heterocycles. The highest BCUT2D eigenvalue weighted by molar-refractivity contribution is 5.69. The molecule has 0 bridgehead atoms. The van der Waals surface area contributed by atoms with Crippen LogP contribution in [0.2, 0.25) is 0 Å². The molecule has 0 aromatic carbocycles. The van der Waals surface area contributed by atoms with Crippen LogP contribution in [-0.2, 0) is 9.53 Å². The van der Waals surface area contributed by atoms with Crippen LogP contribution in [0.1, 0.15) is 72.6 Å². The van der Waals surface area contributed by atoms with Gasteiger partial charge in [0, 0.05) is 6.42 Å². The van der Waals surface area contributed by atoms with Gasteiger partial charge in [-0.3, -0.25) is 4.79 Å². The van der Waals surface area contributed by atoms with E-state index in [-0.39, 0.29) is 12.1 Å². The van der Waals surface area contributed by atoms with Gasteiger partial charge in [-0.2, -0.15) is 0 Å². The molecule has 2 unspecified atom stereocenters. The molecule has 118 valence electrons. The summed E-state index contributed by atoms with van der Waals surface area (Å²) in [4.78, 5) is 11.5. The van der Waals surface area contributed by atoms with Crippen LogP contribution in [0.3, 0.4) is 0 Å². The fraction of sp³-hybridized carbons (Fsp3) is 0.824. The van der Waals surface area contributed by atoms with Gasteiger partial charge < -0.3 is 9.84 Å². The van der Waals surface area contributed by atoms with E-state index in [1.54, 1.807) is 0 Å². The van der Waals surface area contributed by atoms with Crippen LogP contribution in [0.25, 0.3) is 0 Å². The molecule has 20 heavy (non-hydrogen) atoms. The van der Waals surface area contributed by atoms with E-state index in [0.717, 1.165) is 12.0 Å². The van der Waals surface area contributed by atoms with E-state index in [4.69, 9.17) is 4.74 Å². The molecule has 0 aromatic heterocycles. The molecule has 0 amide bonds. The molecule has 2 atom stereocenters. The Balaban J connectivity index is 3.66. The number of ether oxygens (including phenoxy) is 1. The number of carbonyl (C=O) groups is 1. The summed E-state index contributed by atoms with van der Waals surface area (Å²) in [7, 11) is 0. The standard InChI is InChI=1S/C17H32O3/c1-5-6-7-9-15(4)16(18)10-8-11-17(19)20-13-12-14(2)3/h12,15-16,18H,5-11,13H2,1-4H3. The topological polar surface area (TPSA) is 46.5 Å². The Labute approximate surface area is 124 Å². The first kappa shape index (κ1) is 19.2. The highest BCUT2D eigenvalue weighted by Crippen LogP contribution is 2.17. The lowest BCUT2D eigenvalue weighted by molar-refractivity contribution is -0.142. The maximum Gasteiger partial charge on any atom is 0.306 e. The predicted molar refractivity (Wildman–Crippen MR) is 83.6 cm³/mol. The maximum absolute atomic E-state index is 11.5. The van der Waals surface area contributed by atoms with Crippen LogP contribution in [0.4, 0.5) is 0 Å². The number of carbonyl (C=O) groups excluding carboxylic acids is 1. The van der Waals surface area contributed by atoms with Gasteiger partial charge in [0.2, 0.25) is 0 Å². The van der Waals surface area contributed by atoms with Crippen LogP contribution in [0, 0.1) is 5.92 Å². The summed E-state index contributed by atoms with van der Waals surface area (Å²) in [6.07, 6.45) is 8.07. The second-order valence-corrected chi connectivity index (χ2v) is 5.90. The maximum atomic E-state index is 11.5. The van der Waals surface area contributed by atoms with Crippen LogP contribution in [-0.4, -0.2) is 23.8 Å². The fourth-order valence-electron chi connectivity index (χ4n) is 2.02. The van der Waals surface area contributed by atoms with E-state index in [2.05, 4.69) is 13.8 Å². The van der Waals surface area contributed by atoms with Crippen LogP contribution in [0.5, 0.6) is 0 Å². The largest absolute Gasteiger partial charge is 0.461 e. The normalized spacial score (nSPS) is 13.7. The van der Waals surface area contributed by atoms with Gasteiger partial charge in [-0.25, -0.2) is 0 Å². The number of hydrogen-bond donors (Lipinski definition) is 1. The molecule has 0 saturated heterocycles. The van der Waals surface area contributed by atoms with Gasteiger partial charge in [0.15, 0.2) is 0 Å². The van der Waals surface area contributed by atoms with Crippen molar-refractivity contribution in [1.82, 2.24) is 0 Å². The van der Waals surface area contributed by atoms with Gasteiger partial charge in [0.1, 0.15) is 6.61 Å². The predicted octanol–water partition coefficient (Wildman–Crippen LogP) is 4.24. The summed E-state index contributed by atoms with van der Waals surface area (Å²) in [6.45, 7) is 8.58. The number of hydrogen-bond acceptors (Lipinski definition) is 3. The van der Waals surface area contributed by atoms with Crippen molar-refractivity contribution in [1.29, 1.82) is 0 Å². The van der Waals surface area contributed by atoms with Crippen molar-refractivity contribution < 1.29 is 14.6 Å². The van der Waals surface area contributed by atoms with Gasteiger partial charge in [-0.15, -0.1) is 0 Å². The first-order valence-corrected chi connectivity index (χ1v) is 7.94. The van der Waals surface area contributed by atoms with E-state index in [1.165, 1.54) is 19.3 Å². The summed E-state index contributed by atoms with van der Waals surface area (Å²) in [5.41, 5.74) is 1.15. The molecule has 3 nitrogen and oxygen atoms in total. The third-order valence-corrected chi connectivity index (χ3v) is 3.54. The quantitative estimate of drug-likeness (QED) is 0.350. The number of aliphatic hydroxyl groups excluding tert-OH is 1. The van der Waals surface area contributed by atoms with Crippen molar-refractivity contribution in [3.8, 4) is 0 Å². The zero-order valence-corrected chi connectivity index (χ0v) is 13.7. The van der Waals surface area contributed by atoms with Gasteiger partial charge in [0.25, 0.3) is 0 Å². The van der Waals surface area contributed by atoms with Crippen molar-refractivity contribution in [2.24, 2.45) is 5.92 Å².